The van der Waals surface area contributed by atoms with Gasteiger partial charge in [0.25, 0.3) is 0 Å². The Labute approximate surface area is 208 Å². The van der Waals surface area contributed by atoms with E-state index < -0.39 is 6.09 Å². The zero-order chi connectivity index (χ0) is 24.0. The fraction of sp³-hybridized carbons (Fsp3) is 0.458. The Kier molecular flexibility index (Phi) is 7.39. The van der Waals surface area contributed by atoms with Crippen molar-refractivity contribution in [3.05, 3.63) is 41.9 Å². The van der Waals surface area contributed by atoms with Crippen molar-refractivity contribution in [2.75, 3.05) is 42.3 Å². The number of anilines is 3. The van der Waals surface area contributed by atoms with Crippen LogP contribution in [0.25, 0.3) is 10.9 Å². The second kappa shape index (κ2) is 11.0. The van der Waals surface area contributed by atoms with Gasteiger partial charge in [-0.1, -0.05) is 11.6 Å². The predicted molar refractivity (Wildman–Crippen MR) is 134 cm³/mol. The summed E-state index contributed by atoms with van der Waals surface area (Å²) in [5.74, 6) is 2.21. The maximum atomic E-state index is 11.8. The van der Waals surface area contributed by atoms with E-state index in [9.17, 15) is 4.79 Å². The molecular weight excluding hydrogens is 470 g/mol. The molecule has 0 bridgehead atoms. The highest BCUT2D eigenvalue weighted by Crippen LogP contribution is 2.28. The van der Waals surface area contributed by atoms with E-state index >= 15 is 0 Å². The molecule has 2 aliphatic rings. The van der Waals surface area contributed by atoms with E-state index in [-0.39, 0.29) is 0 Å². The average Bonchev–Trinajstić information content (AvgIpc) is 2.84. The Hall–Kier alpha value is -3.24. The molecule has 35 heavy (non-hydrogen) atoms. The number of nitrogens with one attached hydrogen (secondary N) is 3. The molecule has 3 N–H and O–H groups in total. The van der Waals surface area contributed by atoms with Crippen molar-refractivity contribution in [3.63, 3.8) is 0 Å². The van der Waals surface area contributed by atoms with Crippen LogP contribution < -0.4 is 16.0 Å². The number of hydrogen-bond donors (Lipinski definition) is 3. The van der Waals surface area contributed by atoms with Crippen LogP contribution in [0.15, 0.2) is 36.8 Å². The van der Waals surface area contributed by atoms with Gasteiger partial charge in [0.05, 0.1) is 31.3 Å². The third-order valence-electron chi connectivity index (χ3n) is 6.37. The van der Waals surface area contributed by atoms with Crippen molar-refractivity contribution in [3.8, 4) is 0 Å². The Morgan fingerprint density at radius 3 is 2.60 bits per heavy atom. The number of carbonyl (C=O) groups excluding carboxylic acids is 1. The minimum atomic E-state index is -0.509. The van der Waals surface area contributed by atoms with Crippen molar-refractivity contribution in [1.29, 1.82) is 0 Å². The first-order valence-corrected chi connectivity index (χ1v) is 12.3. The second-order valence-electron chi connectivity index (χ2n) is 9.04. The van der Waals surface area contributed by atoms with Gasteiger partial charge in [-0.2, -0.15) is 0 Å². The van der Waals surface area contributed by atoms with Crippen LogP contribution in [-0.2, 0) is 9.47 Å². The molecule has 0 aromatic carbocycles. The molecule has 1 amide bonds. The van der Waals surface area contributed by atoms with Crippen LogP contribution >= 0.6 is 11.6 Å². The number of aromatic nitrogens is 4. The number of halogens is 1. The highest BCUT2D eigenvalue weighted by Gasteiger charge is 2.22. The van der Waals surface area contributed by atoms with E-state index in [4.69, 9.17) is 21.1 Å². The molecule has 5 rings (SSSR count). The summed E-state index contributed by atoms with van der Waals surface area (Å²) >= 11 is 6.19. The summed E-state index contributed by atoms with van der Waals surface area (Å²) in [4.78, 5) is 29.2. The molecule has 0 atom stereocenters. The Balaban J connectivity index is 1.03. The average molecular weight is 498 g/mol. The molecule has 1 aliphatic heterocycles. The molecule has 11 heteroatoms. The molecule has 3 aromatic rings. The summed E-state index contributed by atoms with van der Waals surface area (Å²) in [6.07, 6.45) is 8.64. The fourth-order valence-electron chi connectivity index (χ4n) is 4.26. The van der Waals surface area contributed by atoms with Crippen LogP contribution in [0.2, 0.25) is 5.15 Å². The van der Waals surface area contributed by atoms with E-state index in [1.165, 1.54) is 0 Å². The first-order chi connectivity index (χ1) is 17.1. The molecular formula is C24H28ClN7O3. The van der Waals surface area contributed by atoms with Crippen LogP contribution in [0.4, 0.5) is 22.2 Å². The van der Waals surface area contributed by atoms with Crippen molar-refractivity contribution in [2.24, 2.45) is 11.8 Å². The van der Waals surface area contributed by atoms with Gasteiger partial charge in [-0.3, -0.25) is 5.32 Å². The smallest absolute Gasteiger partial charge is 0.411 e. The number of pyridine rings is 2. The van der Waals surface area contributed by atoms with Gasteiger partial charge < -0.3 is 20.1 Å². The first-order valence-electron chi connectivity index (χ1n) is 11.9. The Morgan fingerprint density at radius 1 is 1.06 bits per heavy atom. The number of amides is 1. The molecule has 1 saturated heterocycles. The summed E-state index contributed by atoms with van der Waals surface area (Å²) in [6.45, 7) is 2.45. The third kappa shape index (κ3) is 6.26. The number of ether oxygens (including phenoxy) is 2. The lowest BCUT2D eigenvalue weighted by atomic mass is 9.86. The zero-order valence-electron chi connectivity index (χ0n) is 19.2. The molecule has 1 saturated carbocycles. The van der Waals surface area contributed by atoms with E-state index in [0.717, 1.165) is 48.9 Å². The maximum Gasteiger partial charge on any atom is 0.411 e. The van der Waals surface area contributed by atoms with Crippen LogP contribution in [0, 0.1) is 11.8 Å². The van der Waals surface area contributed by atoms with Crippen molar-refractivity contribution in [2.45, 2.75) is 31.7 Å². The molecule has 0 radical (unpaired) electrons. The van der Waals surface area contributed by atoms with Gasteiger partial charge in [0.15, 0.2) is 5.15 Å². The number of hydrogen-bond acceptors (Lipinski definition) is 9. The highest BCUT2D eigenvalue weighted by atomic mass is 35.5. The summed E-state index contributed by atoms with van der Waals surface area (Å²) < 4.78 is 10.2. The molecule has 3 aromatic heterocycles. The maximum absolute atomic E-state index is 11.8. The van der Waals surface area contributed by atoms with Crippen LogP contribution in [0.1, 0.15) is 25.7 Å². The summed E-state index contributed by atoms with van der Waals surface area (Å²) in [5.41, 5.74) is 1.22. The van der Waals surface area contributed by atoms with Crippen molar-refractivity contribution < 1.29 is 14.3 Å². The minimum Gasteiger partial charge on any atom is -0.449 e. The molecule has 10 nitrogen and oxygen atoms in total. The number of fused-ring (bicyclic) bond motifs is 1. The third-order valence-corrected chi connectivity index (χ3v) is 6.64. The monoisotopic (exact) mass is 497 g/mol. The first kappa shape index (κ1) is 23.5. The summed E-state index contributed by atoms with van der Waals surface area (Å²) in [5, 5.41) is 10.9. The largest absolute Gasteiger partial charge is 0.449 e. The van der Waals surface area contributed by atoms with E-state index in [1.54, 1.807) is 18.6 Å². The molecule has 4 heterocycles. The lowest BCUT2D eigenvalue weighted by Gasteiger charge is -2.29. The molecule has 0 unspecified atom stereocenters. The van der Waals surface area contributed by atoms with Gasteiger partial charge in [-0.05, 0) is 49.8 Å². The Morgan fingerprint density at radius 2 is 1.86 bits per heavy atom. The van der Waals surface area contributed by atoms with Gasteiger partial charge in [0.2, 0.25) is 5.95 Å². The second-order valence-corrected chi connectivity index (χ2v) is 9.39. The van der Waals surface area contributed by atoms with Gasteiger partial charge >= 0.3 is 6.09 Å². The van der Waals surface area contributed by atoms with Crippen molar-refractivity contribution in [1.82, 2.24) is 19.9 Å². The molecule has 0 spiro atoms. The summed E-state index contributed by atoms with van der Waals surface area (Å²) in [6, 6.07) is 6.29. The standard InChI is InChI=1S/C24H28ClN7O3/c25-22-21-17(7-8-26-22)3-6-20(32-21)30-18-4-1-15(2-5-18)9-27-23-28-10-19(11-29-23)31-24(33)35-14-16-12-34-13-16/h3,6-8,10-11,15-16,18H,1-2,4-5,9,12-14H2,(H,30,32)(H,31,33)(H,27,28,29). The zero-order valence-corrected chi connectivity index (χ0v) is 20.0. The molecule has 1 aliphatic carbocycles. The normalized spacial score (nSPS) is 20.1. The number of carbonyl (C=O) groups is 1. The topological polar surface area (TPSA) is 123 Å². The highest BCUT2D eigenvalue weighted by molar-refractivity contribution is 6.33. The fourth-order valence-corrected chi connectivity index (χ4v) is 4.47. The minimum absolute atomic E-state index is 0.293. The quantitative estimate of drug-likeness (QED) is 0.389. The van der Waals surface area contributed by atoms with Gasteiger partial charge in [-0.25, -0.2) is 24.7 Å². The van der Waals surface area contributed by atoms with Crippen LogP contribution in [0.3, 0.4) is 0 Å². The lowest BCUT2D eigenvalue weighted by molar-refractivity contribution is -0.0566. The van der Waals surface area contributed by atoms with E-state index in [2.05, 4.69) is 35.9 Å². The molecule has 2 fully saturated rings. The summed E-state index contributed by atoms with van der Waals surface area (Å²) in [7, 11) is 0. The Bertz CT molecular complexity index is 1150. The predicted octanol–water partition coefficient (Wildman–Crippen LogP) is 4.35. The lowest BCUT2D eigenvalue weighted by Crippen LogP contribution is -2.33. The number of rotatable bonds is 8. The molecule has 184 valence electrons. The van der Waals surface area contributed by atoms with Gasteiger partial charge in [-0.15, -0.1) is 0 Å². The SMILES string of the molecule is O=C(Nc1cnc(NCC2CCC(Nc3ccc4ccnc(Cl)c4n3)CC2)nc1)OCC1COC1. The van der Waals surface area contributed by atoms with E-state index in [1.807, 2.05) is 18.2 Å². The van der Waals surface area contributed by atoms with Crippen LogP contribution in [0.5, 0.6) is 0 Å². The van der Waals surface area contributed by atoms with Gasteiger partial charge in [0.1, 0.15) is 17.9 Å². The van der Waals surface area contributed by atoms with E-state index in [0.29, 0.717) is 54.5 Å². The van der Waals surface area contributed by atoms with Gasteiger partial charge in [0, 0.05) is 30.1 Å². The number of nitrogens with zero attached hydrogens (tertiary/aromatic N) is 4. The van der Waals surface area contributed by atoms with Crippen molar-refractivity contribution >= 4 is 46.1 Å². The van der Waals surface area contributed by atoms with Crippen LogP contribution in [-0.4, -0.2) is 58.4 Å².